The Bertz CT molecular complexity index is 653. The van der Waals surface area contributed by atoms with Gasteiger partial charge < -0.3 is 14.8 Å². The van der Waals surface area contributed by atoms with Crippen molar-refractivity contribution in [2.24, 2.45) is 0 Å². The summed E-state index contributed by atoms with van der Waals surface area (Å²) >= 11 is 0. The average molecular weight is 311 g/mol. The van der Waals surface area contributed by atoms with Crippen LogP contribution in [0.3, 0.4) is 0 Å². The number of methoxy groups -OCH3 is 1. The fraction of sp³-hybridized carbons (Fsp3) is 0.211. The van der Waals surface area contributed by atoms with Crippen molar-refractivity contribution >= 4 is 5.91 Å². The molecule has 0 atom stereocenters. The van der Waals surface area contributed by atoms with Crippen molar-refractivity contribution in [2.75, 3.05) is 13.7 Å². The highest BCUT2D eigenvalue weighted by Gasteiger charge is 2.06. The normalized spacial score (nSPS) is 9.96. The molecule has 0 saturated carbocycles. The quantitative estimate of drug-likeness (QED) is 0.762. The predicted molar refractivity (Wildman–Crippen MR) is 90.7 cm³/mol. The molecule has 23 heavy (non-hydrogen) atoms. The third-order valence-corrected chi connectivity index (χ3v) is 3.36. The fourth-order valence-electron chi connectivity index (χ4n) is 2.12. The van der Waals surface area contributed by atoms with Crippen molar-refractivity contribution in [2.45, 2.75) is 13.0 Å². The molecule has 0 heterocycles. The van der Waals surface area contributed by atoms with Gasteiger partial charge in [-0.05, 0) is 35.8 Å². The molecule has 0 aromatic heterocycles. The first kappa shape index (κ1) is 16.6. The van der Waals surface area contributed by atoms with Gasteiger partial charge in [-0.2, -0.15) is 0 Å². The lowest BCUT2D eigenvalue weighted by molar-refractivity contribution is -0.116. The highest BCUT2D eigenvalue weighted by atomic mass is 16.5. The number of carbonyl (C=O) groups excluding carboxylic acids is 1. The molecule has 0 aliphatic rings. The topological polar surface area (TPSA) is 47.6 Å². The van der Waals surface area contributed by atoms with E-state index in [-0.39, 0.29) is 5.91 Å². The van der Waals surface area contributed by atoms with E-state index in [9.17, 15) is 4.79 Å². The highest BCUT2D eigenvalue weighted by Crippen LogP contribution is 2.29. The van der Waals surface area contributed by atoms with Crippen LogP contribution in [0.15, 0.2) is 61.2 Å². The van der Waals surface area contributed by atoms with Crippen molar-refractivity contribution in [3.8, 4) is 11.5 Å². The van der Waals surface area contributed by atoms with Crippen LogP contribution in [0.5, 0.6) is 11.5 Å². The van der Waals surface area contributed by atoms with Crippen molar-refractivity contribution in [1.82, 2.24) is 5.32 Å². The van der Waals surface area contributed by atoms with Crippen LogP contribution in [0, 0.1) is 0 Å². The maximum atomic E-state index is 11.1. The van der Waals surface area contributed by atoms with Gasteiger partial charge in [-0.15, -0.1) is 0 Å². The Balaban J connectivity index is 1.96. The molecule has 0 aliphatic carbocycles. The molecule has 0 unspecified atom stereocenters. The third-order valence-electron chi connectivity index (χ3n) is 3.36. The molecule has 1 amide bonds. The maximum Gasteiger partial charge on any atom is 0.243 e. The summed E-state index contributed by atoms with van der Waals surface area (Å²) in [6.07, 6.45) is 1.98. The van der Waals surface area contributed by atoms with Gasteiger partial charge in [-0.1, -0.05) is 43.0 Å². The molecular formula is C19H21NO3. The van der Waals surface area contributed by atoms with Crippen LogP contribution in [0.1, 0.15) is 11.1 Å². The summed E-state index contributed by atoms with van der Waals surface area (Å²) in [5.41, 5.74) is 2.17. The molecule has 0 spiro atoms. The number of rotatable bonds is 8. The lowest BCUT2D eigenvalue weighted by atomic mass is 10.1. The zero-order valence-electron chi connectivity index (χ0n) is 13.2. The first-order valence-corrected chi connectivity index (χ1v) is 7.47. The van der Waals surface area contributed by atoms with E-state index in [0.717, 1.165) is 17.5 Å². The van der Waals surface area contributed by atoms with Crippen LogP contribution in [0.2, 0.25) is 0 Å². The smallest absolute Gasteiger partial charge is 0.243 e. The Morgan fingerprint density at radius 1 is 1.13 bits per heavy atom. The van der Waals surface area contributed by atoms with Gasteiger partial charge in [0.2, 0.25) is 5.91 Å². The summed E-state index contributed by atoms with van der Waals surface area (Å²) in [6.45, 7) is 4.47. The van der Waals surface area contributed by atoms with Gasteiger partial charge in [-0.3, -0.25) is 4.79 Å². The maximum absolute atomic E-state index is 11.1. The van der Waals surface area contributed by atoms with Gasteiger partial charge >= 0.3 is 0 Å². The SMILES string of the molecule is C=CC(=O)NCCc1ccc(OCc2ccccc2)c(OC)c1. The minimum absolute atomic E-state index is 0.167. The molecule has 2 aromatic rings. The number of carbonyl (C=O) groups is 1. The van der Waals surface area contributed by atoms with E-state index in [2.05, 4.69) is 11.9 Å². The summed E-state index contributed by atoms with van der Waals surface area (Å²) in [4.78, 5) is 11.1. The number of ether oxygens (including phenoxy) is 2. The second-order valence-electron chi connectivity index (χ2n) is 5.00. The van der Waals surface area contributed by atoms with Crippen LogP contribution in [-0.2, 0) is 17.8 Å². The molecule has 0 bridgehead atoms. The number of benzene rings is 2. The molecule has 2 rings (SSSR count). The summed E-state index contributed by atoms with van der Waals surface area (Å²) < 4.78 is 11.2. The number of amides is 1. The second kappa shape index (κ2) is 8.63. The number of nitrogens with one attached hydrogen (secondary N) is 1. The molecule has 1 N–H and O–H groups in total. The Morgan fingerprint density at radius 3 is 2.61 bits per heavy atom. The molecule has 0 saturated heterocycles. The number of hydrogen-bond donors (Lipinski definition) is 1. The minimum atomic E-state index is -0.167. The number of hydrogen-bond acceptors (Lipinski definition) is 3. The Kier molecular flexibility index (Phi) is 6.24. The monoisotopic (exact) mass is 311 g/mol. The highest BCUT2D eigenvalue weighted by molar-refractivity contribution is 5.86. The van der Waals surface area contributed by atoms with Gasteiger partial charge in [0.25, 0.3) is 0 Å². The summed E-state index contributed by atoms with van der Waals surface area (Å²) in [6, 6.07) is 15.8. The lowest BCUT2D eigenvalue weighted by Gasteiger charge is -2.12. The lowest BCUT2D eigenvalue weighted by Crippen LogP contribution is -2.23. The van der Waals surface area contributed by atoms with Crippen molar-refractivity contribution < 1.29 is 14.3 Å². The van der Waals surface area contributed by atoms with Gasteiger partial charge in [0.05, 0.1) is 7.11 Å². The van der Waals surface area contributed by atoms with Gasteiger partial charge in [0.15, 0.2) is 11.5 Å². The molecule has 0 radical (unpaired) electrons. The van der Waals surface area contributed by atoms with E-state index in [0.29, 0.717) is 24.7 Å². The average Bonchev–Trinajstić information content (AvgIpc) is 2.61. The molecular weight excluding hydrogens is 290 g/mol. The molecule has 0 fully saturated rings. The minimum Gasteiger partial charge on any atom is -0.493 e. The molecule has 4 nitrogen and oxygen atoms in total. The van der Waals surface area contributed by atoms with E-state index in [1.165, 1.54) is 6.08 Å². The van der Waals surface area contributed by atoms with E-state index < -0.39 is 0 Å². The molecule has 4 heteroatoms. The summed E-state index contributed by atoms with van der Waals surface area (Å²) in [7, 11) is 1.62. The molecule has 0 aliphatic heterocycles. The van der Waals surface area contributed by atoms with E-state index in [1.54, 1.807) is 7.11 Å². The second-order valence-corrected chi connectivity index (χ2v) is 5.00. The summed E-state index contributed by atoms with van der Waals surface area (Å²) in [5, 5.41) is 2.75. The van der Waals surface area contributed by atoms with E-state index >= 15 is 0 Å². The third kappa shape index (κ3) is 5.18. The summed E-state index contributed by atoms with van der Waals surface area (Å²) in [5.74, 6) is 1.23. The first-order chi connectivity index (χ1) is 11.2. The van der Waals surface area contributed by atoms with Crippen LogP contribution in [0.4, 0.5) is 0 Å². The predicted octanol–water partition coefficient (Wildman–Crippen LogP) is 3.12. The molecule has 2 aromatic carbocycles. The standard InChI is InChI=1S/C19H21NO3/c1-3-19(21)20-12-11-15-9-10-17(18(13-15)22-2)23-14-16-7-5-4-6-8-16/h3-10,13H,1,11-12,14H2,2H3,(H,20,21). The molecule has 120 valence electrons. The van der Waals surface area contributed by atoms with Crippen LogP contribution < -0.4 is 14.8 Å². The van der Waals surface area contributed by atoms with Crippen LogP contribution in [-0.4, -0.2) is 19.6 Å². The van der Waals surface area contributed by atoms with Gasteiger partial charge in [0, 0.05) is 6.54 Å². The Hall–Kier alpha value is -2.75. The largest absolute Gasteiger partial charge is 0.493 e. The van der Waals surface area contributed by atoms with Crippen LogP contribution >= 0.6 is 0 Å². The van der Waals surface area contributed by atoms with Crippen molar-refractivity contribution in [3.05, 3.63) is 72.3 Å². The van der Waals surface area contributed by atoms with Gasteiger partial charge in [0.1, 0.15) is 6.61 Å². The zero-order valence-corrected chi connectivity index (χ0v) is 13.2. The fourth-order valence-corrected chi connectivity index (χ4v) is 2.12. The van der Waals surface area contributed by atoms with Crippen molar-refractivity contribution in [3.63, 3.8) is 0 Å². The zero-order chi connectivity index (χ0) is 16.5. The van der Waals surface area contributed by atoms with Gasteiger partial charge in [-0.25, -0.2) is 0 Å². The van der Waals surface area contributed by atoms with E-state index in [1.807, 2.05) is 48.5 Å². The van der Waals surface area contributed by atoms with Crippen LogP contribution in [0.25, 0.3) is 0 Å². The van der Waals surface area contributed by atoms with Crippen molar-refractivity contribution in [1.29, 1.82) is 0 Å². The Labute approximate surface area is 136 Å². The van der Waals surface area contributed by atoms with E-state index in [4.69, 9.17) is 9.47 Å². The Morgan fingerprint density at radius 2 is 1.91 bits per heavy atom. The first-order valence-electron chi connectivity index (χ1n) is 7.47.